The van der Waals surface area contributed by atoms with Gasteiger partial charge in [-0.05, 0) is 24.3 Å². The van der Waals surface area contributed by atoms with Gasteiger partial charge in [0.2, 0.25) is 17.8 Å². The maximum atomic E-state index is 13.4. The fourth-order valence-corrected chi connectivity index (χ4v) is 23.9. The first-order chi connectivity index (χ1) is 64.4. The molecule has 6 bridgehead atoms. The Labute approximate surface area is 758 Å². The fraction of sp³-hybridized carbons (Fsp3) is 0.455. The lowest BCUT2D eigenvalue weighted by atomic mass is 9.97. The number of anilines is 6. The Morgan fingerprint density at radius 3 is 1.34 bits per heavy atom. The summed E-state index contributed by atoms with van der Waals surface area (Å²) in [5, 5.41) is 54.2. The van der Waals surface area contributed by atoms with E-state index in [0.29, 0.717) is 27.9 Å². The number of hydrogen-bond donors (Lipinski definition) is 20. The second-order valence-electron chi connectivity index (χ2n) is 31.3. The van der Waals surface area contributed by atoms with E-state index in [9.17, 15) is 96.7 Å². The monoisotopic (exact) mass is 2040 g/mol. The number of nitrogens with one attached hydrogen (secondary N) is 3. The van der Waals surface area contributed by atoms with Gasteiger partial charge in [-0.25, -0.2) is 67.3 Å². The van der Waals surface area contributed by atoms with Crippen LogP contribution in [-0.4, -0.2) is 294 Å². The number of fused-ring (bicyclic) bond motifs is 15. The predicted molar refractivity (Wildman–Crippen MR) is 452 cm³/mol. The second-order valence-corrected chi connectivity index (χ2v) is 41.1. The number of pyridine rings is 3. The van der Waals surface area contributed by atoms with E-state index in [-0.39, 0.29) is 80.3 Å². The Hall–Kier alpha value is -10.1. The summed E-state index contributed by atoms with van der Waals surface area (Å²) in [7, 11) is -30.3. The average Bonchev–Trinajstić information content (AvgIpc) is 1.58. The van der Waals surface area contributed by atoms with Crippen LogP contribution in [0.4, 0.5) is 34.9 Å². The molecule has 9 aliphatic rings. The number of imidazole rings is 5. The van der Waals surface area contributed by atoms with Crippen LogP contribution in [0.2, 0.25) is 0 Å². The van der Waals surface area contributed by atoms with Crippen molar-refractivity contribution in [2.24, 2.45) is 0 Å². The van der Waals surface area contributed by atoms with E-state index >= 15 is 0 Å². The highest BCUT2D eigenvalue weighted by atomic mass is 32.2. The molecule has 12 aromatic heterocycles. The summed E-state index contributed by atoms with van der Waals surface area (Å²) in [5.74, 6) is 1.39. The van der Waals surface area contributed by atoms with Gasteiger partial charge in [0.25, 0.3) is 16.7 Å². The molecule has 0 aromatic carbocycles. The molecule has 70 heteroatoms. The van der Waals surface area contributed by atoms with Crippen LogP contribution >= 0.6 is 58.7 Å². The number of aromatic nitrogens is 20. The number of aromatic amines is 3. The number of ether oxygens (including phenoxy) is 5. The van der Waals surface area contributed by atoms with E-state index in [0.717, 1.165) is 33.6 Å². The first-order valence-electron chi connectivity index (χ1n) is 39.7. The zero-order valence-electron chi connectivity index (χ0n) is 68.4. The third-order valence-corrected chi connectivity index (χ3v) is 30.2. The van der Waals surface area contributed by atoms with Crippen LogP contribution in [0.5, 0.6) is 0 Å². The van der Waals surface area contributed by atoms with Gasteiger partial charge in [0.1, 0.15) is 120 Å². The molecule has 0 saturated carbocycles. The van der Waals surface area contributed by atoms with Crippen molar-refractivity contribution in [3.8, 4) is 12.3 Å². The number of rotatable bonds is 6. The molecule has 12 unspecified atom stereocenters. The Kier molecular flexibility index (Phi) is 24.9. The van der Waals surface area contributed by atoms with E-state index in [2.05, 4.69) is 75.7 Å². The molecule has 0 radical (unpaired) electrons. The van der Waals surface area contributed by atoms with Gasteiger partial charge in [-0.3, -0.25) is 106 Å². The minimum atomic E-state index is -5.26. The van der Waals surface area contributed by atoms with Crippen LogP contribution in [0.1, 0.15) is 42.9 Å². The van der Waals surface area contributed by atoms with Crippen LogP contribution in [0, 0.1) is 12.3 Å². The molecule has 63 nitrogen and oxygen atoms in total. The third kappa shape index (κ3) is 18.0. The quantitative estimate of drug-likeness (QED) is 0.0588. The number of nitrogens with two attached hydrogens (primary N) is 6. The van der Waals surface area contributed by atoms with Crippen LogP contribution in [0.3, 0.4) is 0 Å². The topological polar surface area (TPSA) is 908 Å². The van der Waals surface area contributed by atoms with E-state index in [1.807, 2.05) is 0 Å². The van der Waals surface area contributed by atoms with Gasteiger partial charge in [0.15, 0.2) is 75.3 Å². The van der Waals surface area contributed by atoms with Crippen LogP contribution in [0.15, 0.2) is 95.1 Å². The molecule has 12 aromatic rings. The number of nitrogen functional groups attached to an aromatic ring is 6. The van der Waals surface area contributed by atoms with Gasteiger partial charge in [-0.15, -0.1) is 18.2 Å². The minimum Gasteiger partial charge on any atom is -0.398 e. The lowest BCUT2D eigenvalue weighted by molar-refractivity contribution is -0.0961. The van der Waals surface area contributed by atoms with Crippen LogP contribution < -0.4 is 51.1 Å². The summed E-state index contributed by atoms with van der Waals surface area (Å²) in [6, 6.07) is 6.36. The molecule has 136 heavy (non-hydrogen) atoms. The van der Waals surface area contributed by atoms with Gasteiger partial charge >= 0.3 is 46.9 Å². The van der Waals surface area contributed by atoms with Gasteiger partial charge < -0.3 is 118 Å². The lowest BCUT2D eigenvalue weighted by Gasteiger charge is -2.31. The van der Waals surface area contributed by atoms with Crippen molar-refractivity contribution in [2.75, 3.05) is 74.0 Å². The maximum absolute atomic E-state index is 13.4. The van der Waals surface area contributed by atoms with Crippen molar-refractivity contribution in [3.63, 3.8) is 0 Å². The summed E-state index contributed by atoms with van der Waals surface area (Å²) in [5.41, 5.74) is 32.3. The summed E-state index contributed by atoms with van der Waals surface area (Å²) in [6.07, 6.45) is -12.7. The summed E-state index contributed by atoms with van der Waals surface area (Å²) >= 11 is 0.913. The third-order valence-electron chi connectivity index (χ3n) is 22.7. The largest absolute Gasteiger partial charge is 0.472 e. The van der Waals surface area contributed by atoms with Crippen molar-refractivity contribution >= 4 is 160 Å². The molecule has 26 N–H and O–H groups in total. The fourth-order valence-electron chi connectivity index (χ4n) is 16.5. The highest BCUT2D eigenvalue weighted by molar-refractivity contribution is 8.00. The number of phosphoric acid groups is 6. The van der Waals surface area contributed by atoms with Crippen molar-refractivity contribution in [1.82, 2.24) is 97.2 Å². The second kappa shape index (κ2) is 35.7. The van der Waals surface area contributed by atoms with Crippen molar-refractivity contribution in [2.45, 2.75) is 145 Å². The summed E-state index contributed by atoms with van der Waals surface area (Å²) in [4.78, 5) is 153. The number of aliphatic hydroxyl groups is 5. The van der Waals surface area contributed by atoms with E-state index in [1.165, 1.54) is 63.4 Å². The minimum absolute atomic E-state index is 0.00496. The normalized spacial score (nSPS) is 37.4. The smallest absolute Gasteiger partial charge is 0.398 e. The average molecular weight is 2040 g/mol. The van der Waals surface area contributed by atoms with E-state index in [4.69, 9.17) is 119 Å². The molecule has 9 aliphatic heterocycles. The van der Waals surface area contributed by atoms with E-state index < -0.39 is 242 Å². The Morgan fingerprint density at radius 1 is 0.404 bits per heavy atom. The molecule has 21 heterocycles. The first-order valence-corrected chi connectivity index (χ1v) is 49.6. The summed E-state index contributed by atoms with van der Waals surface area (Å²) < 4.78 is 180. The van der Waals surface area contributed by atoms with Gasteiger partial charge in [-0.2, -0.15) is 15.0 Å². The number of aliphatic hydroxyl groups excluding tert-OH is 5. The molecule has 21 rings (SSSR count). The Balaban J connectivity index is 0.000000131. The van der Waals surface area contributed by atoms with Crippen molar-refractivity contribution < 1.29 is 160 Å². The van der Waals surface area contributed by atoms with Gasteiger partial charge in [0.05, 0.1) is 87.4 Å². The van der Waals surface area contributed by atoms with Crippen molar-refractivity contribution in [1.29, 1.82) is 0 Å². The van der Waals surface area contributed by atoms with Crippen molar-refractivity contribution in [3.05, 3.63) is 112 Å². The zero-order valence-corrected chi connectivity index (χ0v) is 74.6. The zero-order chi connectivity index (χ0) is 96.3. The highest BCUT2D eigenvalue weighted by Gasteiger charge is 2.62. The molecule has 9 saturated heterocycles. The summed E-state index contributed by atoms with van der Waals surface area (Å²) in [6.45, 7) is -4.70. The number of hydrogen-bond acceptors (Lipinski definition) is 49. The standard InChI is InChI=1S/C23H25N9O13P2.C22H26N8O12P2.C21H25N9O12P2S/c1-2-23-6-41-47(38,39)44-15-13(33)10(42-21(15)32-8-28-12-18(32)29-22(25)30-19(12)35)5-40-46(36,37)45-16(23)14(34)20(43-23)31-7-27-11-9(24)3-4-26-17(11)31;23-10-1-3-25-18-9(10)2-4-29(18)14-5-11-12(39-14)6-37-44(35,36)42-17-16(31)13(7-38-43(33,34)41-11)40-21(17)30-8-26-15-19(30)27-22(24)28-20(15)32;22-7-1-2-24-16-10(7)25-5-29(16)19-13(32)14-8(40-19)3-38-43(34,35)42-15-12(31)9(4-39-44(36,37)41-14)45-20(15)30-6-26-11-17(30)27-21(23)28-18(11)33/h1,3-4,7-8,10,13-16,20-21,33-34H,5-6H2,(H2,24,26)(H,36,37)(H,38,39)(H3,25,29,30,35);1-4,8,11-14,16-17,21,31H,5-7H2,(H2,23,25)(H,33,34)(H,35,36)(H3,24,27,28,32);1-2,5-6,8-9,12-15,19-20,31-32H,3-4H2,(H2,22,24)(H,34,35)(H,36,37)(H3,23,27,28,33)/t10-,13?,14+,15+,16?,20-,21-,23-;11?,12-,13-,14-,16?,17+,21-;8-,9-,12?,13+,14?,15+,19-,20-/m111/s1. The SMILES string of the molecule is C#C[C@@]12COP(=O)(O)O[C@H]3C(O)[C@@H](COP(=O)(O)OC1[C@H](O)[C@H](n1cnc4c(N)ccnc41)O2)O[C@H]3n1cnc2c(=O)[nH]c(N)nc21.Nc1nc2c(ncn2[C@@H]2O[C@@H]3COP(=O)(O)OC4C[C@H](n5ccc6c(N)ccnc65)O[C@@H]4COP(=O)(O)O[C@H]2C3O)c(=O)[nH]1.Nc1nc2c(ncn2[C@@H]2S[C@@H]3COP(=O)(O)OC4[C@@H](COP(=O)(O)O[C@H]2C3O)O[C@@H](n2cnc3c(N)ccnc32)[C@H]4O)c(=O)[nH]1. The van der Waals surface area contributed by atoms with Gasteiger partial charge in [-0.1, -0.05) is 5.92 Å². The Bertz CT molecular complexity index is 7250. The number of H-pyrrole nitrogens is 3. The maximum Gasteiger partial charge on any atom is 0.472 e. The van der Waals surface area contributed by atoms with Gasteiger partial charge in [0, 0.05) is 42.3 Å². The molecule has 0 amide bonds. The van der Waals surface area contributed by atoms with Crippen LogP contribution in [-0.2, 0) is 105 Å². The van der Waals surface area contributed by atoms with E-state index in [1.54, 1.807) is 22.9 Å². The molecular formula is C66H76N26O37P6S. The predicted octanol–water partition coefficient (Wildman–Crippen LogP) is -2.86. The Morgan fingerprint density at radius 2 is 0.816 bits per heavy atom. The lowest BCUT2D eigenvalue weighted by Crippen LogP contribution is -2.47. The first kappa shape index (κ1) is 94.9. The molecular weight excluding hydrogens is 1970 g/mol. The van der Waals surface area contributed by atoms with Crippen LogP contribution in [0.25, 0.3) is 66.9 Å². The molecule has 9 fully saturated rings. The molecule has 0 aliphatic carbocycles. The number of thioether (sulfide) groups is 1. The number of nitrogens with zero attached hydrogens (tertiary/aromatic N) is 17. The number of phosphoric ester groups is 6. The molecule has 29 atom stereocenters. The molecule has 0 spiro atoms. The molecule has 728 valence electrons. The number of terminal acetylenes is 1. The highest BCUT2D eigenvalue weighted by Crippen LogP contribution is 2.61.